The first-order valence-electron chi connectivity index (χ1n) is 5.43. The van der Waals surface area contributed by atoms with E-state index < -0.39 is 0 Å². The second-order valence-corrected chi connectivity index (χ2v) is 3.88. The lowest BCUT2D eigenvalue weighted by Crippen LogP contribution is -1.94. The van der Waals surface area contributed by atoms with Gasteiger partial charge in [0.05, 0.1) is 11.7 Å². The average molecular weight is 224 g/mol. The molecule has 0 bridgehead atoms. The maximum atomic E-state index is 4.23. The summed E-state index contributed by atoms with van der Waals surface area (Å²) in [5.41, 5.74) is 2.12. The Morgan fingerprint density at radius 2 is 2.12 bits per heavy atom. The van der Waals surface area contributed by atoms with Crippen LogP contribution in [-0.4, -0.2) is 14.8 Å². The molecule has 0 radical (unpaired) electrons. The summed E-state index contributed by atoms with van der Waals surface area (Å²) in [4.78, 5) is 4.23. The van der Waals surface area contributed by atoms with Gasteiger partial charge in [-0.15, -0.1) is 0 Å². The van der Waals surface area contributed by atoms with Gasteiger partial charge in [-0.1, -0.05) is 6.07 Å². The Kier molecular flexibility index (Phi) is 2.26. The molecule has 4 nitrogen and oxygen atoms in total. The lowest BCUT2D eigenvalue weighted by Gasteiger charge is -2.05. The number of benzene rings is 1. The van der Waals surface area contributed by atoms with Crippen LogP contribution in [0.2, 0.25) is 0 Å². The first-order chi connectivity index (χ1) is 8.33. The summed E-state index contributed by atoms with van der Waals surface area (Å²) in [7, 11) is 1.94. The number of pyridine rings is 1. The molecule has 3 aromatic rings. The maximum Gasteiger partial charge on any atom is 0.130 e. The van der Waals surface area contributed by atoms with Gasteiger partial charge < -0.3 is 5.32 Å². The molecule has 0 fully saturated rings. The van der Waals surface area contributed by atoms with Crippen molar-refractivity contribution in [2.75, 3.05) is 5.32 Å². The van der Waals surface area contributed by atoms with Gasteiger partial charge in [0.15, 0.2) is 0 Å². The largest absolute Gasteiger partial charge is 0.340 e. The van der Waals surface area contributed by atoms with E-state index >= 15 is 0 Å². The zero-order chi connectivity index (χ0) is 11.7. The van der Waals surface area contributed by atoms with Crippen LogP contribution in [0.1, 0.15) is 0 Å². The highest BCUT2D eigenvalue weighted by molar-refractivity contribution is 5.83. The van der Waals surface area contributed by atoms with Crippen molar-refractivity contribution in [1.29, 1.82) is 0 Å². The van der Waals surface area contributed by atoms with E-state index in [9.17, 15) is 0 Å². The zero-order valence-electron chi connectivity index (χ0n) is 9.46. The van der Waals surface area contributed by atoms with Gasteiger partial charge in [0.1, 0.15) is 5.82 Å². The molecular formula is C13H12N4. The summed E-state index contributed by atoms with van der Waals surface area (Å²) in [5, 5.41) is 8.62. The van der Waals surface area contributed by atoms with Gasteiger partial charge in [-0.2, -0.15) is 5.10 Å². The van der Waals surface area contributed by atoms with Gasteiger partial charge in [0.25, 0.3) is 0 Å². The third-order valence-corrected chi connectivity index (χ3v) is 2.69. The van der Waals surface area contributed by atoms with E-state index in [1.54, 1.807) is 6.20 Å². The highest BCUT2D eigenvalue weighted by Crippen LogP contribution is 2.20. The third-order valence-electron chi connectivity index (χ3n) is 2.69. The van der Waals surface area contributed by atoms with E-state index in [0.29, 0.717) is 0 Å². The van der Waals surface area contributed by atoms with Crippen molar-refractivity contribution >= 4 is 22.4 Å². The van der Waals surface area contributed by atoms with E-state index in [1.807, 2.05) is 48.3 Å². The van der Waals surface area contributed by atoms with Crippen LogP contribution in [0.15, 0.2) is 48.8 Å². The summed E-state index contributed by atoms with van der Waals surface area (Å²) < 4.78 is 1.86. The van der Waals surface area contributed by atoms with Gasteiger partial charge in [-0.25, -0.2) is 4.98 Å². The van der Waals surface area contributed by atoms with Gasteiger partial charge in [-0.3, -0.25) is 4.68 Å². The number of fused-ring (bicyclic) bond motifs is 1. The molecule has 0 unspecified atom stereocenters. The molecule has 4 heteroatoms. The molecule has 0 saturated carbocycles. The van der Waals surface area contributed by atoms with Crippen molar-refractivity contribution in [1.82, 2.24) is 14.8 Å². The molecule has 0 aliphatic carbocycles. The molecule has 0 atom stereocenters. The van der Waals surface area contributed by atoms with Crippen LogP contribution in [-0.2, 0) is 7.05 Å². The van der Waals surface area contributed by atoms with E-state index in [4.69, 9.17) is 0 Å². The smallest absolute Gasteiger partial charge is 0.130 e. The molecule has 0 amide bonds. The van der Waals surface area contributed by atoms with Crippen molar-refractivity contribution in [3.8, 4) is 0 Å². The summed E-state index contributed by atoms with van der Waals surface area (Å²) in [6.45, 7) is 0. The molecule has 2 heterocycles. The van der Waals surface area contributed by atoms with Crippen LogP contribution >= 0.6 is 0 Å². The Bertz CT molecular complexity index is 643. The van der Waals surface area contributed by atoms with E-state index in [0.717, 1.165) is 22.4 Å². The average Bonchev–Trinajstić information content (AvgIpc) is 2.73. The second-order valence-electron chi connectivity index (χ2n) is 3.88. The molecule has 1 N–H and O–H groups in total. The SMILES string of the molecule is Cn1ncc2ccc(Nc3ccccn3)cc21. The van der Waals surface area contributed by atoms with Crippen LogP contribution in [0.4, 0.5) is 11.5 Å². The van der Waals surface area contributed by atoms with Crippen molar-refractivity contribution < 1.29 is 0 Å². The zero-order valence-corrected chi connectivity index (χ0v) is 9.46. The van der Waals surface area contributed by atoms with Crippen LogP contribution in [0.3, 0.4) is 0 Å². The molecular weight excluding hydrogens is 212 g/mol. The molecule has 0 spiro atoms. The lowest BCUT2D eigenvalue weighted by molar-refractivity contribution is 0.797. The summed E-state index contributed by atoms with van der Waals surface area (Å²) in [6, 6.07) is 11.9. The Morgan fingerprint density at radius 3 is 2.94 bits per heavy atom. The molecule has 0 aliphatic heterocycles. The molecule has 0 aliphatic rings. The summed E-state index contributed by atoms with van der Waals surface area (Å²) in [5.74, 6) is 0.842. The normalized spacial score (nSPS) is 10.6. The predicted octanol–water partition coefficient (Wildman–Crippen LogP) is 2.71. The van der Waals surface area contributed by atoms with Crippen LogP contribution in [0.25, 0.3) is 10.9 Å². The fourth-order valence-electron chi connectivity index (χ4n) is 1.81. The molecule has 3 rings (SSSR count). The van der Waals surface area contributed by atoms with Crippen molar-refractivity contribution in [2.45, 2.75) is 0 Å². The molecule has 84 valence electrons. The number of nitrogens with one attached hydrogen (secondary N) is 1. The van der Waals surface area contributed by atoms with Crippen LogP contribution in [0.5, 0.6) is 0 Å². The van der Waals surface area contributed by atoms with Crippen LogP contribution < -0.4 is 5.32 Å². The first-order valence-corrected chi connectivity index (χ1v) is 5.43. The molecule has 2 aromatic heterocycles. The number of hydrogen-bond donors (Lipinski definition) is 1. The van der Waals surface area contributed by atoms with Gasteiger partial charge in [0.2, 0.25) is 0 Å². The highest BCUT2D eigenvalue weighted by atomic mass is 15.2. The van der Waals surface area contributed by atoms with Crippen molar-refractivity contribution in [3.05, 3.63) is 48.8 Å². The number of aryl methyl sites for hydroxylation is 1. The topological polar surface area (TPSA) is 42.7 Å². The summed E-state index contributed by atoms with van der Waals surface area (Å²) in [6.07, 6.45) is 3.63. The predicted molar refractivity (Wildman–Crippen MR) is 68.2 cm³/mol. The fourth-order valence-corrected chi connectivity index (χ4v) is 1.81. The lowest BCUT2D eigenvalue weighted by atomic mass is 10.2. The second kappa shape index (κ2) is 3.90. The molecule has 17 heavy (non-hydrogen) atoms. The fraction of sp³-hybridized carbons (Fsp3) is 0.0769. The molecule has 0 saturated heterocycles. The Hall–Kier alpha value is -2.36. The maximum absolute atomic E-state index is 4.23. The van der Waals surface area contributed by atoms with Gasteiger partial charge >= 0.3 is 0 Å². The van der Waals surface area contributed by atoms with E-state index in [2.05, 4.69) is 21.5 Å². The van der Waals surface area contributed by atoms with E-state index in [-0.39, 0.29) is 0 Å². The summed E-state index contributed by atoms with van der Waals surface area (Å²) >= 11 is 0. The highest BCUT2D eigenvalue weighted by Gasteiger charge is 2.01. The Labute approximate surface area is 98.9 Å². The third kappa shape index (κ3) is 1.85. The Balaban J connectivity index is 1.98. The number of hydrogen-bond acceptors (Lipinski definition) is 3. The minimum absolute atomic E-state index is 0.842. The van der Waals surface area contributed by atoms with Gasteiger partial charge in [0, 0.05) is 24.3 Å². The minimum atomic E-state index is 0.842. The van der Waals surface area contributed by atoms with Crippen LogP contribution in [0, 0.1) is 0 Å². The standard InChI is InChI=1S/C13H12N4/c1-17-12-8-11(6-5-10(12)9-15-17)16-13-4-2-3-7-14-13/h2-9H,1H3,(H,14,16). The number of rotatable bonds is 2. The number of nitrogens with zero attached hydrogens (tertiary/aromatic N) is 3. The minimum Gasteiger partial charge on any atom is -0.340 e. The first kappa shape index (κ1) is 9.84. The van der Waals surface area contributed by atoms with Crippen molar-refractivity contribution in [2.24, 2.45) is 7.05 Å². The quantitative estimate of drug-likeness (QED) is 0.727. The molecule has 1 aromatic carbocycles. The number of anilines is 2. The monoisotopic (exact) mass is 224 g/mol. The number of aromatic nitrogens is 3. The Morgan fingerprint density at radius 1 is 1.18 bits per heavy atom. The van der Waals surface area contributed by atoms with E-state index in [1.165, 1.54) is 0 Å². The van der Waals surface area contributed by atoms with Gasteiger partial charge in [-0.05, 0) is 30.3 Å². The van der Waals surface area contributed by atoms with Crippen molar-refractivity contribution in [3.63, 3.8) is 0 Å².